The first-order valence-corrected chi connectivity index (χ1v) is 7.18. The minimum atomic E-state index is -0.241. The molecule has 1 amide bonds. The van der Waals surface area contributed by atoms with Crippen molar-refractivity contribution in [2.45, 2.75) is 38.8 Å². The van der Waals surface area contributed by atoms with Crippen LogP contribution >= 0.6 is 11.3 Å². The lowest BCUT2D eigenvalue weighted by Gasteiger charge is -2.20. The maximum absolute atomic E-state index is 11.5. The molecule has 1 fully saturated rings. The number of nitriles is 1. The average Bonchev–Trinajstić information content (AvgIpc) is 3.19. The molecule has 3 N–H and O–H groups in total. The normalized spacial score (nSPS) is 14.4. The minimum absolute atomic E-state index is 0.241. The Morgan fingerprint density at radius 2 is 2.42 bits per heavy atom. The Morgan fingerprint density at radius 1 is 1.68 bits per heavy atom. The van der Waals surface area contributed by atoms with Gasteiger partial charge in [0, 0.05) is 30.4 Å². The Kier molecular flexibility index (Phi) is 4.53. The third-order valence-corrected chi connectivity index (χ3v) is 4.41. The molecule has 1 aromatic heterocycles. The van der Waals surface area contributed by atoms with Crippen molar-refractivity contribution in [3.05, 3.63) is 21.4 Å². The maximum atomic E-state index is 11.5. The molecule has 2 rings (SSSR count). The van der Waals surface area contributed by atoms with Gasteiger partial charge < -0.3 is 0 Å². The fourth-order valence-electron chi connectivity index (χ4n) is 2.10. The van der Waals surface area contributed by atoms with E-state index in [1.54, 1.807) is 0 Å². The molecular weight excluding hydrogens is 260 g/mol. The van der Waals surface area contributed by atoms with E-state index in [0.29, 0.717) is 17.3 Å². The van der Waals surface area contributed by atoms with E-state index in [4.69, 9.17) is 11.1 Å². The molecule has 1 heterocycles. The van der Waals surface area contributed by atoms with Crippen molar-refractivity contribution in [1.29, 1.82) is 5.26 Å². The van der Waals surface area contributed by atoms with Crippen LogP contribution < -0.4 is 11.3 Å². The Morgan fingerprint density at radius 3 is 3.00 bits per heavy atom. The lowest BCUT2D eigenvalue weighted by molar-refractivity contribution is 0.0957. The zero-order valence-electron chi connectivity index (χ0n) is 11.0. The van der Waals surface area contributed by atoms with Gasteiger partial charge in [-0.1, -0.05) is 0 Å². The van der Waals surface area contributed by atoms with Gasteiger partial charge >= 0.3 is 0 Å². The number of rotatable bonds is 6. The fourth-order valence-corrected chi connectivity index (χ4v) is 3.04. The van der Waals surface area contributed by atoms with E-state index in [9.17, 15) is 4.79 Å². The summed E-state index contributed by atoms with van der Waals surface area (Å²) >= 11 is 1.46. The molecule has 1 saturated carbocycles. The molecule has 6 heteroatoms. The van der Waals surface area contributed by atoms with Crippen molar-refractivity contribution in [2.24, 2.45) is 5.84 Å². The summed E-state index contributed by atoms with van der Waals surface area (Å²) in [5.74, 6) is 4.91. The maximum Gasteiger partial charge on any atom is 0.275 e. The lowest BCUT2D eigenvalue weighted by atomic mass is 10.2. The van der Waals surface area contributed by atoms with Crippen LogP contribution in [0, 0.1) is 18.3 Å². The second-order valence-electron chi connectivity index (χ2n) is 4.78. The number of nitrogen functional groups attached to an aromatic ring is 1. The van der Waals surface area contributed by atoms with Gasteiger partial charge in [-0.3, -0.25) is 15.1 Å². The summed E-state index contributed by atoms with van der Waals surface area (Å²) in [6.07, 6.45) is 2.98. The van der Waals surface area contributed by atoms with Crippen LogP contribution in [0.1, 0.15) is 39.4 Å². The van der Waals surface area contributed by atoms with Gasteiger partial charge in [0.2, 0.25) is 0 Å². The first-order chi connectivity index (χ1) is 9.15. The molecule has 0 bridgehead atoms. The number of carbonyl (C=O) groups excluding carboxylic acids is 1. The summed E-state index contributed by atoms with van der Waals surface area (Å²) in [4.78, 5) is 15.6. The smallest absolute Gasteiger partial charge is 0.275 e. The van der Waals surface area contributed by atoms with Gasteiger partial charge in [0.15, 0.2) is 0 Å². The quantitative estimate of drug-likeness (QED) is 0.470. The number of nitrogens with two attached hydrogens (primary N) is 1. The van der Waals surface area contributed by atoms with Crippen LogP contribution in [0.5, 0.6) is 0 Å². The van der Waals surface area contributed by atoms with E-state index in [1.807, 2.05) is 13.0 Å². The van der Waals surface area contributed by atoms with Crippen LogP contribution in [0.2, 0.25) is 0 Å². The lowest BCUT2D eigenvalue weighted by Crippen LogP contribution is -2.29. The summed E-state index contributed by atoms with van der Waals surface area (Å²) in [5.41, 5.74) is 3.32. The highest BCUT2D eigenvalue weighted by Crippen LogP contribution is 2.30. The van der Waals surface area contributed by atoms with Gasteiger partial charge in [0.1, 0.15) is 0 Å². The number of nitrogens with zero attached hydrogens (tertiary/aromatic N) is 2. The summed E-state index contributed by atoms with van der Waals surface area (Å²) < 4.78 is 0. The van der Waals surface area contributed by atoms with Crippen molar-refractivity contribution in [1.82, 2.24) is 10.3 Å². The van der Waals surface area contributed by atoms with Gasteiger partial charge in [-0.2, -0.15) is 5.26 Å². The number of hydrogen-bond donors (Lipinski definition) is 2. The first-order valence-electron chi connectivity index (χ1n) is 6.37. The van der Waals surface area contributed by atoms with Gasteiger partial charge in [-0.05, 0) is 31.4 Å². The molecule has 19 heavy (non-hydrogen) atoms. The molecular formula is C13H18N4OS. The minimum Gasteiger partial charge on any atom is -0.295 e. The Bertz CT molecular complexity index is 501. The molecule has 1 aliphatic rings. The van der Waals surface area contributed by atoms with Crippen LogP contribution in [-0.2, 0) is 6.54 Å². The number of hydrogen-bond acceptors (Lipinski definition) is 5. The first kappa shape index (κ1) is 14.0. The van der Waals surface area contributed by atoms with Gasteiger partial charge in [0.05, 0.1) is 10.9 Å². The third kappa shape index (κ3) is 3.53. The predicted octanol–water partition coefficient (Wildman–Crippen LogP) is 1.54. The van der Waals surface area contributed by atoms with E-state index in [0.717, 1.165) is 23.5 Å². The van der Waals surface area contributed by atoms with Crippen LogP contribution in [0.3, 0.4) is 0 Å². The average molecular weight is 278 g/mol. The summed E-state index contributed by atoms with van der Waals surface area (Å²) in [7, 11) is 0. The van der Waals surface area contributed by atoms with Crippen LogP contribution in [0.4, 0.5) is 0 Å². The highest BCUT2D eigenvalue weighted by Gasteiger charge is 2.29. The topological polar surface area (TPSA) is 82.2 Å². The molecule has 0 spiro atoms. The zero-order chi connectivity index (χ0) is 13.8. The zero-order valence-corrected chi connectivity index (χ0v) is 11.8. The second kappa shape index (κ2) is 6.15. The molecule has 1 aliphatic carbocycles. The van der Waals surface area contributed by atoms with Crippen LogP contribution in [0.15, 0.2) is 6.07 Å². The summed E-state index contributed by atoms with van der Waals surface area (Å²) in [5, 5.41) is 8.71. The molecule has 0 saturated heterocycles. The van der Waals surface area contributed by atoms with Crippen molar-refractivity contribution >= 4 is 17.2 Å². The summed E-state index contributed by atoms with van der Waals surface area (Å²) in [6, 6.07) is 4.71. The number of carbonyl (C=O) groups is 1. The van der Waals surface area contributed by atoms with E-state index >= 15 is 0 Å². The van der Waals surface area contributed by atoms with Gasteiger partial charge in [-0.15, -0.1) is 11.3 Å². The van der Waals surface area contributed by atoms with Gasteiger partial charge in [-0.25, -0.2) is 5.84 Å². The summed E-state index contributed by atoms with van der Waals surface area (Å²) in [6.45, 7) is 3.63. The molecule has 0 aliphatic heterocycles. The predicted molar refractivity (Wildman–Crippen MR) is 74.4 cm³/mol. The van der Waals surface area contributed by atoms with E-state index in [-0.39, 0.29) is 5.91 Å². The molecule has 1 aromatic rings. The monoisotopic (exact) mass is 278 g/mol. The number of amides is 1. The number of hydrazine groups is 1. The molecule has 102 valence electrons. The molecule has 0 aromatic carbocycles. The van der Waals surface area contributed by atoms with Gasteiger partial charge in [0.25, 0.3) is 5.91 Å². The van der Waals surface area contributed by atoms with Crippen LogP contribution in [-0.4, -0.2) is 23.4 Å². The Hall–Kier alpha value is -1.42. The van der Waals surface area contributed by atoms with E-state index < -0.39 is 0 Å². The molecule has 5 nitrogen and oxygen atoms in total. The Labute approximate surface area is 117 Å². The highest BCUT2D eigenvalue weighted by molar-refractivity contribution is 7.14. The Balaban J connectivity index is 2.06. The molecule has 0 unspecified atom stereocenters. The van der Waals surface area contributed by atoms with E-state index in [1.165, 1.54) is 24.2 Å². The van der Waals surface area contributed by atoms with Crippen molar-refractivity contribution in [3.8, 4) is 6.07 Å². The van der Waals surface area contributed by atoms with E-state index in [2.05, 4.69) is 16.4 Å². The van der Waals surface area contributed by atoms with Crippen molar-refractivity contribution < 1.29 is 4.79 Å². The van der Waals surface area contributed by atoms with Crippen LogP contribution in [0.25, 0.3) is 0 Å². The molecule has 0 atom stereocenters. The largest absolute Gasteiger partial charge is 0.295 e. The fraction of sp³-hybridized carbons (Fsp3) is 0.538. The third-order valence-electron chi connectivity index (χ3n) is 3.32. The SMILES string of the molecule is Cc1sc(C(=O)NN)cc1CN(CCC#N)C1CC1. The standard InChI is InChI=1S/C13H18N4OS/c1-9-10(7-12(19-9)13(18)16-15)8-17(6-2-5-14)11-3-4-11/h7,11H,2-4,6,8,15H2,1H3,(H,16,18). The van der Waals surface area contributed by atoms with Crippen molar-refractivity contribution in [2.75, 3.05) is 6.54 Å². The highest BCUT2D eigenvalue weighted by atomic mass is 32.1. The number of nitrogens with one attached hydrogen (secondary N) is 1. The number of thiophene rings is 1. The molecule has 0 radical (unpaired) electrons. The second-order valence-corrected chi connectivity index (χ2v) is 6.03. The van der Waals surface area contributed by atoms with Crippen molar-refractivity contribution in [3.63, 3.8) is 0 Å². The number of aryl methyl sites for hydroxylation is 1.